The highest BCUT2D eigenvalue weighted by atomic mass is 16.3. The van der Waals surface area contributed by atoms with Crippen molar-refractivity contribution in [1.29, 1.82) is 0 Å². The number of rotatable bonds is 4. The Labute approximate surface area is 121 Å². The molecule has 2 rings (SSSR count). The minimum atomic E-state index is -0.594. The first-order chi connectivity index (χ1) is 9.42. The Kier molecular flexibility index (Phi) is 4.84. The van der Waals surface area contributed by atoms with Gasteiger partial charge in [0.25, 0.3) is 0 Å². The lowest BCUT2D eigenvalue weighted by Crippen LogP contribution is -2.51. The highest BCUT2D eigenvalue weighted by molar-refractivity contribution is 5.98. The average molecular weight is 281 g/mol. The van der Waals surface area contributed by atoms with Crippen molar-refractivity contribution in [2.75, 3.05) is 6.54 Å². The summed E-state index contributed by atoms with van der Waals surface area (Å²) in [6.07, 6.45) is 6.53. The SMILES string of the molecule is CC(C)CC(O)CN1C(=O)CC2(CCCCC2)CC1=O. The molecule has 0 bridgehead atoms. The molecule has 1 N–H and O–H groups in total. The molecule has 1 aliphatic carbocycles. The van der Waals surface area contributed by atoms with Gasteiger partial charge in [-0.25, -0.2) is 0 Å². The Bertz CT molecular complexity index is 352. The topological polar surface area (TPSA) is 57.6 Å². The van der Waals surface area contributed by atoms with Crippen molar-refractivity contribution in [2.45, 2.75) is 71.3 Å². The second-order valence-corrected chi connectivity index (χ2v) is 7.10. The number of hydrogen-bond donors (Lipinski definition) is 1. The third-order valence-electron chi connectivity index (χ3n) is 4.71. The number of imide groups is 1. The fourth-order valence-electron chi connectivity index (χ4n) is 3.72. The summed E-state index contributed by atoms with van der Waals surface area (Å²) >= 11 is 0. The molecule has 0 aromatic rings. The van der Waals surface area contributed by atoms with E-state index in [1.165, 1.54) is 11.3 Å². The predicted molar refractivity (Wildman–Crippen MR) is 76.9 cm³/mol. The lowest BCUT2D eigenvalue weighted by Gasteiger charge is -2.42. The molecule has 0 aromatic carbocycles. The minimum Gasteiger partial charge on any atom is -0.391 e. The number of nitrogens with zero attached hydrogens (tertiary/aromatic N) is 1. The van der Waals surface area contributed by atoms with Crippen molar-refractivity contribution in [3.05, 3.63) is 0 Å². The fourth-order valence-corrected chi connectivity index (χ4v) is 3.72. The van der Waals surface area contributed by atoms with E-state index in [0.29, 0.717) is 25.2 Å². The lowest BCUT2D eigenvalue weighted by atomic mass is 9.67. The number of hydrogen-bond acceptors (Lipinski definition) is 3. The summed E-state index contributed by atoms with van der Waals surface area (Å²) in [4.78, 5) is 25.9. The molecule has 4 nitrogen and oxygen atoms in total. The van der Waals surface area contributed by atoms with Crippen molar-refractivity contribution in [1.82, 2.24) is 4.90 Å². The van der Waals surface area contributed by atoms with Crippen molar-refractivity contribution >= 4 is 11.8 Å². The summed E-state index contributed by atoms with van der Waals surface area (Å²) < 4.78 is 0. The van der Waals surface area contributed by atoms with Crippen LogP contribution >= 0.6 is 0 Å². The largest absolute Gasteiger partial charge is 0.391 e. The van der Waals surface area contributed by atoms with Crippen LogP contribution in [0.2, 0.25) is 0 Å². The highest BCUT2D eigenvalue weighted by Crippen LogP contribution is 2.45. The average Bonchev–Trinajstić information content (AvgIpc) is 2.34. The number of carbonyl (C=O) groups excluding carboxylic acids is 2. The summed E-state index contributed by atoms with van der Waals surface area (Å²) in [6, 6.07) is 0. The van der Waals surface area contributed by atoms with Crippen LogP contribution in [-0.4, -0.2) is 34.5 Å². The third kappa shape index (κ3) is 3.60. The number of piperidine rings is 1. The van der Waals surface area contributed by atoms with Crippen LogP contribution in [0.1, 0.15) is 65.2 Å². The normalized spacial score (nSPS) is 24.5. The van der Waals surface area contributed by atoms with Crippen molar-refractivity contribution in [3.8, 4) is 0 Å². The monoisotopic (exact) mass is 281 g/mol. The molecule has 0 aromatic heterocycles. The number of aliphatic hydroxyl groups is 1. The lowest BCUT2D eigenvalue weighted by molar-refractivity contribution is -0.156. The number of amides is 2. The van der Waals surface area contributed by atoms with Gasteiger partial charge in [0.1, 0.15) is 0 Å². The Morgan fingerprint density at radius 1 is 1.10 bits per heavy atom. The maximum atomic E-state index is 12.3. The Balaban J connectivity index is 1.97. The van der Waals surface area contributed by atoms with E-state index in [1.807, 2.05) is 13.8 Å². The van der Waals surface area contributed by atoms with E-state index in [4.69, 9.17) is 0 Å². The summed E-state index contributed by atoms with van der Waals surface area (Å²) in [7, 11) is 0. The van der Waals surface area contributed by atoms with Crippen LogP contribution in [-0.2, 0) is 9.59 Å². The smallest absolute Gasteiger partial charge is 0.229 e. The Hall–Kier alpha value is -0.900. The number of carbonyl (C=O) groups is 2. The molecular formula is C16H27NO3. The Morgan fingerprint density at radius 3 is 2.15 bits per heavy atom. The van der Waals surface area contributed by atoms with E-state index in [2.05, 4.69) is 0 Å². The van der Waals surface area contributed by atoms with Gasteiger partial charge in [0.05, 0.1) is 12.6 Å². The van der Waals surface area contributed by atoms with Crippen molar-refractivity contribution < 1.29 is 14.7 Å². The van der Waals surface area contributed by atoms with E-state index in [-0.39, 0.29) is 23.8 Å². The first-order valence-electron chi connectivity index (χ1n) is 7.93. The van der Waals surface area contributed by atoms with Gasteiger partial charge < -0.3 is 5.11 Å². The maximum Gasteiger partial charge on any atom is 0.229 e. The molecule has 1 spiro atoms. The molecule has 1 saturated carbocycles. The first kappa shape index (κ1) is 15.5. The molecule has 2 aliphatic rings. The van der Waals surface area contributed by atoms with Crippen LogP contribution in [0, 0.1) is 11.3 Å². The van der Waals surface area contributed by atoms with Crippen LogP contribution in [0.15, 0.2) is 0 Å². The van der Waals surface area contributed by atoms with Crippen LogP contribution in [0.5, 0.6) is 0 Å². The number of aliphatic hydroxyl groups excluding tert-OH is 1. The molecule has 1 heterocycles. The summed E-state index contributed by atoms with van der Waals surface area (Å²) in [6.45, 7) is 4.23. The fraction of sp³-hybridized carbons (Fsp3) is 0.875. The van der Waals surface area contributed by atoms with E-state index < -0.39 is 6.10 Å². The van der Waals surface area contributed by atoms with E-state index in [9.17, 15) is 14.7 Å². The number of β-amino-alcohol motifs (C(OH)–C–C–N with tert-alkyl or cyclic N) is 1. The van der Waals surface area contributed by atoms with Gasteiger partial charge in [-0.3, -0.25) is 14.5 Å². The van der Waals surface area contributed by atoms with Gasteiger partial charge in [0, 0.05) is 12.8 Å². The van der Waals surface area contributed by atoms with Gasteiger partial charge >= 0.3 is 0 Å². The standard InChI is InChI=1S/C16H27NO3/c1-12(2)8-13(18)11-17-14(19)9-16(10-15(17)20)6-4-3-5-7-16/h12-13,18H,3-11H2,1-2H3. The molecule has 2 amide bonds. The van der Waals surface area contributed by atoms with E-state index >= 15 is 0 Å². The van der Waals surface area contributed by atoms with E-state index in [0.717, 1.165) is 25.7 Å². The van der Waals surface area contributed by atoms with Crippen LogP contribution in [0.3, 0.4) is 0 Å². The van der Waals surface area contributed by atoms with Gasteiger partial charge in [0.2, 0.25) is 11.8 Å². The molecule has 4 heteroatoms. The zero-order valence-corrected chi connectivity index (χ0v) is 12.7. The Morgan fingerprint density at radius 2 is 1.65 bits per heavy atom. The summed E-state index contributed by atoms with van der Waals surface area (Å²) in [5.74, 6) is 0.210. The maximum absolute atomic E-state index is 12.3. The van der Waals surface area contributed by atoms with Crippen LogP contribution in [0.4, 0.5) is 0 Å². The summed E-state index contributed by atoms with van der Waals surface area (Å²) in [5.41, 5.74) is -0.0636. The van der Waals surface area contributed by atoms with E-state index in [1.54, 1.807) is 0 Å². The predicted octanol–water partition coefficient (Wildman–Crippen LogP) is 2.49. The zero-order valence-electron chi connectivity index (χ0n) is 12.7. The zero-order chi connectivity index (χ0) is 14.8. The molecule has 1 unspecified atom stereocenters. The van der Waals surface area contributed by atoms with Gasteiger partial charge in [-0.15, -0.1) is 0 Å². The molecule has 20 heavy (non-hydrogen) atoms. The molecule has 2 fully saturated rings. The second kappa shape index (κ2) is 6.25. The molecule has 0 radical (unpaired) electrons. The molecule has 1 saturated heterocycles. The van der Waals surface area contributed by atoms with Gasteiger partial charge in [0.15, 0.2) is 0 Å². The molecular weight excluding hydrogens is 254 g/mol. The second-order valence-electron chi connectivity index (χ2n) is 7.10. The van der Waals surface area contributed by atoms with Gasteiger partial charge in [-0.2, -0.15) is 0 Å². The third-order valence-corrected chi connectivity index (χ3v) is 4.71. The van der Waals surface area contributed by atoms with Crippen molar-refractivity contribution in [3.63, 3.8) is 0 Å². The molecule has 1 aliphatic heterocycles. The van der Waals surface area contributed by atoms with Gasteiger partial charge in [-0.05, 0) is 30.6 Å². The number of likely N-dealkylation sites (tertiary alicyclic amines) is 1. The first-order valence-corrected chi connectivity index (χ1v) is 7.93. The minimum absolute atomic E-state index is 0.0636. The van der Waals surface area contributed by atoms with Crippen LogP contribution < -0.4 is 0 Å². The van der Waals surface area contributed by atoms with Crippen LogP contribution in [0.25, 0.3) is 0 Å². The highest BCUT2D eigenvalue weighted by Gasteiger charge is 2.44. The van der Waals surface area contributed by atoms with Gasteiger partial charge in [-0.1, -0.05) is 33.1 Å². The quantitative estimate of drug-likeness (QED) is 0.805. The molecule has 1 atom stereocenters. The van der Waals surface area contributed by atoms with Crippen molar-refractivity contribution in [2.24, 2.45) is 11.3 Å². The summed E-state index contributed by atoms with van der Waals surface area (Å²) in [5, 5.41) is 9.96. The molecule has 114 valence electrons.